The van der Waals surface area contributed by atoms with Crippen LogP contribution in [-0.2, 0) is 4.79 Å². The lowest BCUT2D eigenvalue weighted by Gasteiger charge is -2.37. The van der Waals surface area contributed by atoms with Crippen LogP contribution >= 0.6 is 11.6 Å². The van der Waals surface area contributed by atoms with Gasteiger partial charge in [0.1, 0.15) is 12.3 Å². The van der Waals surface area contributed by atoms with Crippen molar-refractivity contribution in [1.82, 2.24) is 20.0 Å². The minimum absolute atomic E-state index is 0.0232. The molecule has 2 aromatic carbocycles. The second kappa shape index (κ2) is 12.1. The van der Waals surface area contributed by atoms with Gasteiger partial charge in [0.25, 0.3) is 5.91 Å². The Hall–Kier alpha value is -3.65. The molecule has 1 aliphatic heterocycles. The van der Waals surface area contributed by atoms with Crippen molar-refractivity contribution in [1.29, 1.82) is 0 Å². The zero-order chi connectivity index (χ0) is 26.4. The molecule has 2 amide bonds. The van der Waals surface area contributed by atoms with Gasteiger partial charge in [-0.3, -0.25) is 9.59 Å². The number of methoxy groups -OCH3 is 1. The van der Waals surface area contributed by atoms with Crippen molar-refractivity contribution >= 4 is 29.2 Å². The summed E-state index contributed by atoms with van der Waals surface area (Å²) in [5.41, 5.74) is 2.17. The smallest absolute Gasteiger partial charge is 0.256 e. The van der Waals surface area contributed by atoms with Crippen molar-refractivity contribution in [2.75, 3.05) is 44.7 Å². The van der Waals surface area contributed by atoms with E-state index in [1.165, 1.54) is 0 Å². The van der Waals surface area contributed by atoms with E-state index < -0.39 is 0 Å². The molecule has 37 heavy (non-hydrogen) atoms. The average molecular weight is 522 g/mol. The van der Waals surface area contributed by atoms with Crippen molar-refractivity contribution in [3.63, 3.8) is 0 Å². The molecule has 2 heterocycles. The molecule has 0 saturated carbocycles. The topological polar surface area (TPSA) is 78.9 Å². The Balaban J connectivity index is 1.36. The summed E-state index contributed by atoms with van der Waals surface area (Å²) in [7, 11) is 1.64. The van der Waals surface area contributed by atoms with E-state index in [0.29, 0.717) is 36.8 Å². The number of carbonyl (C=O) groups excluding carboxylic acids is 2. The fourth-order valence-corrected chi connectivity index (χ4v) is 4.49. The van der Waals surface area contributed by atoms with Gasteiger partial charge in [0.15, 0.2) is 5.82 Å². The van der Waals surface area contributed by atoms with Crippen LogP contribution in [0.4, 0.5) is 5.82 Å². The minimum atomic E-state index is -0.223. The number of ether oxygens (including phenoxy) is 1. The standard InChI is InChI=1S/C28H32ClN5O3/c1-4-20(2)34(28(36)23-7-5-6-8-24(23)29)19-27(35)33-17-15-32(16-18-33)26-14-13-25(30-31-26)21-9-11-22(37-3)12-10-21/h5-14,20H,4,15-19H2,1-3H3. The Kier molecular flexibility index (Phi) is 8.61. The monoisotopic (exact) mass is 521 g/mol. The zero-order valence-corrected chi connectivity index (χ0v) is 22.2. The number of benzene rings is 2. The molecule has 4 rings (SSSR count). The van der Waals surface area contributed by atoms with Gasteiger partial charge in [0.05, 0.1) is 23.4 Å². The van der Waals surface area contributed by atoms with Crippen LogP contribution in [0.3, 0.4) is 0 Å². The lowest BCUT2D eigenvalue weighted by Crippen LogP contribution is -2.53. The number of aromatic nitrogens is 2. The number of halogens is 1. The van der Waals surface area contributed by atoms with E-state index in [-0.39, 0.29) is 24.4 Å². The largest absolute Gasteiger partial charge is 0.497 e. The Labute approximate surface area is 222 Å². The molecule has 0 N–H and O–H groups in total. The van der Waals surface area contributed by atoms with Crippen molar-refractivity contribution < 1.29 is 14.3 Å². The Morgan fingerprint density at radius 3 is 2.30 bits per heavy atom. The van der Waals surface area contributed by atoms with Crippen LogP contribution in [-0.4, -0.2) is 77.7 Å². The lowest BCUT2D eigenvalue weighted by molar-refractivity contribution is -0.132. The van der Waals surface area contributed by atoms with E-state index >= 15 is 0 Å². The molecule has 0 radical (unpaired) electrons. The fraction of sp³-hybridized carbons (Fsp3) is 0.357. The van der Waals surface area contributed by atoms with E-state index in [9.17, 15) is 9.59 Å². The third-order valence-electron chi connectivity index (χ3n) is 6.79. The van der Waals surface area contributed by atoms with Gasteiger partial charge < -0.3 is 19.4 Å². The summed E-state index contributed by atoms with van der Waals surface area (Å²) < 4.78 is 5.21. The van der Waals surface area contributed by atoms with Crippen LogP contribution in [0.1, 0.15) is 30.6 Å². The number of hydrogen-bond acceptors (Lipinski definition) is 6. The van der Waals surface area contributed by atoms with Crippen molar-refractivity contribution in [3.05, 3.63) is 71.2 Å². The second-order valence-electron chi connectivity index (χ2n) is 9.04. The van der Waals surface area contributed by atoms with Crippen molar-refractivity contribution in [2.24, 2.45) is 0 Å². The zero-order valence-electron chi connectivity index (χ0n) is 21.4. The number of anilines is 1. The highest BCUT2D eigenvalue weighted by molar-refractivity contribution is 6.33. The molecule has 1 aromatic heterocycles. The molecule has 1 saturated heterocycles. The van der Waals surface area contributed by atoms with Gasteiger partial charge in [-0.1, -0.05) is 30.7 Å². The maximum absolute atomic E-state index is 13.2. The molecule has 1 fully saturated rings. The number of rotatable bonds is 8. The fourth-order valence-electron chi connectivity index (χ4n) is 4.28. The van der Waals surface area contributed by atoms with E-state index in [0.717, 1.165) is 29.2 Å². The van der Waals surface area contributed by atoms with Crippen LogP contribution < -0.4 is 9.64 Å². The number of amides is 2. The van der Waals surface area contributed by atoms with Crippen molar-refractivity contribution in [3.8, 4) is 17.0 Å². The summed E-state index contributed by atoms with van der Waals surface area (Å²) in [6.07, 6.45) is 0.739. The molecular formula is C28H32ClN5O3. The second-order valence-corrected chi connectivity index (χ2v) is 9.45. The molecule has 0 aliphatic carbocycles. The Morgan fingerprint density at radius 2 is 1.70 bits per heavy atom. The summed E-state index contributed by atoms with van der Waals surface area (Å²) in [6, 6.07) is 18.5. The van der Waals surface area contributed by atoms with E-state index in [1.54, 1.807) is 36.3 Å². The number of nitrogens with zero attached hydrogens (tertiary/aromatic N) is 5. The summed E-state index contributed by atoms with van der Waals surface area (Å²) in [4.78, 5) is 32.0. The molecule has 0 bridgehead atoms. The predicted octanol–water partition coefficient (Wildman–Crippen LogP) is 4.40. The third-order valence-corrected chi connectivity index (χ3v) is 7.12. The van der Waals surface area contributed by atoms with Crippen LogP contribution in [0.25, 0.3) is 11.3 Å². The van der Waals surface area contributed by atoms with Gasteiger partial charge in [0.2, 0.25) is 5.91 Å². The first-order chi connectivity index (χ1) is 17.9. The quantitative estimate of drug-likeness (QED) is 0.437. The molecule has 0 spiro atoms. The van der Waals surface area contributed by atoms with Gasteiger partial charge in [0, 0.05) is 37.8 Å². The normalized spacial score (nSPS) is 14.3. The molecule has 1 aliphatic rings. The van der Waals surface area contributed by atoms with Gasteiger partial charge in [-0.25, -0.2) is 0 Å². The maximum atomic E-state index is 13.2. The first-order valence-electron chi connectivity index (χ1n) is 12.5. The van der Waals surface area contributed by atoms with E-state index in [1.807, 2.05) is 55.1 Å². The first kappa shape index (κ1) is 26.4. The molecule has 3 aromatic rings. The highest BCUT2D eigenvalue weighted by Crippen LogP contribution is 2.23. The average Bonchev–Trinajstić information content (AvgIpc) is 2.95. The highest BCUT2D eigenvalue weighted by atomic mass is 35.5. The molecule has 1 unspecified atom stereocenters. The summed E-state index contributed by atoms with van der Waals surface area (Å²) in [5.74, 6) is 1.28. The van der Waals surface area contributed by atoms with E-state index in [4.69, 9.17) is 16.3 Å². The molecular weight excluding hydrogens is 490 g/mol. The van der Waals surface area contributed by atoms with Crippen LogP contribution in [0.2, 0.25) is 5.02 Å². The van der Waals surface area contributed by atoms with E-state index in [2.05, 4.69) is 15.1 Å². The SMILES string of the molecule is CCC(C)N(CC(=O)N1CCN(c2ccc(-c3ccc(OC)cc3)nn2)CC1)C(=O)c1ccccc1Cl. The highest BCUT2D eigenvalue weighted by Gasteiger charge is 2.28. The van der Waals surface area contributed by atoms with Gasteiger partial charge >= 0.3 is 0 Å². The number of piperazine rings is 1. The van der Waals surface area contributed by atoms with Gasteiger partial charge in [-0.2, -0.15) is 0 Å². The molecule has 194 valence electrons. The van der Waals surface area contributed by atoms with Crippen LogP contribution in [0, 0.1) is 0 Å². The molecule has 9 heteroatoms. The number of hydrogen-bond donors (Lipinski definition) is 0. The number of carbonyl (C=O) groups is 2. The first-order valence-corrected chi connectivity index (χ1v) is 12.9. The summed E-state index contributed by atoms with van der Waals surface area (Å²) in [6.45, 7) is 6.37. The Morgan fingerprint density at radius 1 is 1.00 bits per heavy atom. The molecule has 8 nitrogen and oxygen atoms in total. The Bertz CT molecular complexity index is 1210. The maximum Gasteiger partial charge on any atom is 0.256 e. The van der Waals surface area contributed by atoms with Crippen LogP contribution in [0.5, 0.6) is 5.75 Å². The lowest BCUT2D eigenvalue weighted by atomic mass is 10.1. The minimum Gasteiger partial charge on any atom is -0.497 e. The summed E-state index contributed by atoms with van der Waals surface area (Å²) >= 11 is 6.26. The third kappa shape index (κ3) is 6.20. The van der Waals surface area contributed by atoms with Crippen molar-refractivity contribution in [2.45, 2.75) is 26.3 Å². The molecule has 1 atom stereocenters. The predicted molar refractivity (Wildman–Crippen MR) is 145 cm³/mol. The summed E-state index contributed by atoms with van der Waals surface area (Å²) in [5, 5.41) is 9.19. The van der Waals surface area contributed by atoms with Gasteiger partial charge in [-0.05, 0) is 61.9 Å². The van der Waals surface area contributed by atoms with Gasteiger partial charge in [-0.15, -0.1) is 10.2 Å². The van der Waals surface area contributed by atoms with Crippen LogP contribution in [0.15, 0.2) is 60.7 Å².